The molecule has 20 heavy (non-hydrogen) atoms. The zero-order valence-corrected chi connectivity index (χ0v) is 12.3. The minimum Gasteiger partial charge on any atom is -0.376 e. The lowest BCUT2D eigenvalue weighted by atomic mass is 9.94. The van der Waals surface area contributed by atoms with Crippen molar-refractivity contribution < 1.29 is 14.3 Å². The Morgan fingerprint density at radius 1 is 1.20 bits per heavy atom. The summed E-state index contributed by atoms with van der Waals surface area (Å²) in [6.07, 6.45) is 5.05. The fourth-order valence-electron chi connectivity index (χ4n) is 3.40. The van der Waals surface area contributed by atoms with E-state index in [4.69, 9.17) is 9.47 Å². The van der Waals surface area contributed by atoms with Crippen molar-refractivity contribution in [2.45, 2.75) is 64.3 Å². The molecule has 0 bridgehead atoms. The van der Waals surface area contributed by atoms with E-state index in [2.05, 4.69) is 0 Å². The number of carbonyl (C=O) groups is 1. The molecule has 1 aromatic rings. The second-order valence-corrected chi connectivity index (χ2v) is 5.97. The number of ether oxygens (including phenoxy) is 2. The summed E-state index contributed by atoms with van der Waals surface area (Å²) in [6.45, 7) is 4.80. The van der Waals surface area contributed by atoms with Crippen molar-refractivity contribution in [2.24, 2.45) is 0 Å². The maximum atomic E-state index is 12.4. The summed E-state index contributed by atoms with van der Waals surface area (Å²) >= 11 is 0. The van der Waals surface area contributed by atoms with Gasteiger partial charge < -0.3 is 9.47 Å². The second kappa shape index (κ2) is 5.70. The molecule has 2 aliphatic rings. The van der Waals surface area contributed by atoms with Crippen LogP contribution in [0.2, 0.25) is 0 Å². The van der Waals surface area contributed by atoms with E-state index in [1.54, 1.807) is 4.57 Å². The molecule has 3 atom stereocenters. The van der Waals surface area contributed by atoms with E-state index in [0.29, 0.717) is 6.42 Å². The molecule has 3 rings (SSSR count). The third-order valence-corrected chi connectivity index (χ3v) is 4.44. The number of aromatic nitrogens is 1. The Morgan fingerprint density at radius 3 is 2.70 bits per heavy atom. The molecule has 0 radical (unpaired) electrons. The Labute approximate surface area is 120 Å². The second-order valence-electron chi connectivity index (χ2n) is 5.97. The molecule has 4 nitrogen and oxygen atoms in total. The average molecular weight is 277 g/mol. The quantitative estimate of drug-likeness (QED) is 0.834. The lowest BCUT2D eigenvalue weighted by Crippen LogP contribution is -2.44. The molecule has 2 aliphatic heterocycles. The predicted molar refractivity (Wildman–Crippen MR) is 76.0 cm³/mol. The minimum atomic E-state index is 0.0478. The molecular weight excluding hydrogens is 254 g/mol. The monoisotopic (exact) mass is 277 g/mol. The first-order chi connectivity index (χ1) is 9.65. The van der Waals surface area contributed by atoms with E-state index >= 15 is 0 Å². The van der Waals surface area contributed by atoms with Crippen LogP contribution >= 0.6 is 0 Å². The summed E-state index contributed by atoms with van der Waals surface area (Å²) in [4.78, 5) is 12.4. The molecule has 0 N–H and O–H groups in total. The molecule has 0 aromatic carbocycles. The van der Waals surface area contributed by atoms with Crippen LogP contribution in [0.15, 0.2) is 12.1 Å². The molecule has 0 saturated carbocycles. The van der Waals surface area contributed by atoms with Crippen molar-refractivity contribution in [3.8, 4) is 0 Å². The van der Waals surface area contributed by atoms with Gasteiger partial charge in [-0.1, -0.05) is 0 Å². The van der Waals surface area contributed by atoms with Crippen LogP contribution < -0.4 is 0 Å². The lowest BCUT2D eigenvalue weighted by molar-refractivity contribution is -0.162. The molecule has 0 spiro atoms. The van der Waals surface area contributed by atoms with Gasteiger partial charge in [0.15, 0.2) is 0 Å². The highest BCUT2D eigenvalue weighted by Crippen LogP contribution is 2.30. The van der Waals surface area contributed by atoms with Gasteiger partial charge in [-0.15, -0.1) is 0 Å². The van der Waals surface area contributed by atoms with Crippen molar-refractivity contribution >= 4 is 5.91 Å². The summed E-state index contributed by atoms with van der Waals surface area (Å²) in [5, 5.41) is 0. The SMILES string of the molecule is Cc1ccc(C)n1C(=O)C[C@H]1CC[C@@H]2OCCC[C@H]2O1. The fourth-order valence-corrected chi connectivity index (χ4v) is 3.40. The molecule has 0 aliphatic carbocycles. The van der Waals surface area contributed by atoms with E-state index in [1.165, 1.54) is 0 Å². The molecule has 1 aromatic heterocycles. The van der Waals surface area contributed by atoms with Crippen molar-refractivity contribution in [3.63, 3.8) is 0 Å². The van der Waals surface area contributed by atoms with Crippen LogP contribution in [0.4, 0.5) is 0 Å². The van der Waals surface area contributed by atoms with E-state index < -0.39 is 0 Å². The average Bonchev–Trinajstić information content (AvgIpc) is 2.78. The summed E-state index contributed by atoms with van der Waals surface area (Å²) in [5.74, 6) is 0.144. The van der Waals surface area contributed by atoms with Gasteiger partial charge in [-0.2, -0.15) is 0 Å². The van der Waals surface area contributed by atoms with Crippen LogP contribution in [0.1, 0.15) is 48.3 Å². The summed E-state index contributed by atoms with van der Waals surface area (Å²) in [5.41, 5.74) is 2.00. The number of carbonyl (C=O) groups excluding carboxylic acids is 1. The number of hydrogen-bond acceptors (Lipinski definition) is 3. The normalized spacial score (nSPS) is 30.0. The van der Waals surface area contributed by atoms with Crippen LogP contribution in [-0.4, -0.2) is 35.4 Å². The third-order valence-electron chi connectivity index (χ3n) is 4.44. The van der Waals surface area contributed by atoms with Gasteiger partial charge in [0.1, 0.15) is 0 Å². The van der Waals surface area contributed by atoms with Gasteiger partial charge in [-0.25, -0.2) is 0 Å². The number of rotatable bonds is 2. The minimum absolute atomic E-state index is 0.0478. The molecular formula is C16H23NO3. The zero-order chi connectivity index (χ0) is 14.1. The Hall–Kier alpha value is -1.13. The Morgan fingerprint density at radius 2 is 1.95 bits per heavy atom. The lowest BCUT2D eigenvalue weighted by Gasteiger charge is -2.39. The smallest absolute Gasteiger partial charge is 0.233 e. The molecule has 0 unspecified atom stereocenters. The van der Waals surface area contributed by atoms with Gasteiger partial charge in [0.2, 0.25) is 5.91 Å². The van der Waals surface area contributed by atoms with Crippen molar-refractivity contribution in [3.05, 3.63) is 23.5 Å². The maximum Gasteiger partial charge on any atom is 0.233 e. The van der Waals surface area contributed by atoms with Gasteiger partial charge in [0.05, 0.1) is 24.7 Å². The Bertz CT molecular complexity index is 474. The van der Waals surface area contributed by atoms with Crippen molar-refractivity contribution in [1.82, 2.24) is 4.57 Å². The van der Waals surface area contributed by atoms with E-state index in [-0.39, 0.29) is 24.2 Å². The third kappa shape index (κ3) is 2.67. The zero-order valence-electron chi connectivity index (χ0n) is 12.3. The highest BCUT2D eigenvalue weighted by molar-refractivity contribution is 5.81. The molecule has 2 saturated heterocycles. The Balaban J connectivity index is 1.62. The number of hydrogen-bond donors (Lipinski definition) is 0. The summed E-state index contributed by atoms with van der Waals surface area (Å²) in [6, 6.07) is 3.97. The molecule has 4 heteroatoms. The van der Waals surface area contributed by atoms with Gasteiger partial charge >= 0.3 is 0 Å². The predicted octanol–water partition coefficient (Wildman–Crippen LogP) is 2.86. The first kappa shape index (κ1) is 13.8. The van der Waals surface area contributed by atoms with Gasteiger partial charge in [0, 0.05) is 18.0 Å². The summed E-state index contributed by atoms with van der Waals surface area (Å²) in [7, 11) is 0. The van der Waals surface area contributed by atoms with Crippen LogP contribution in [0.3, 0.4) is 0 Å². The van der Waals surface area contributed by atoms with Gasteiger partial charge in [-0.05, 0) is 51.7 Å². The molecule has 3 heterocycles. The number of aryl methyl sites for hydroxylation is 2. The van der Waals surface area contributed by atoms with Crippen LogP contribution in [0.25, 0.3) is 0 Å². The van der Waals surface area contributed by atoms with Gasteiger partial charge in [-0.3, -0.25) is 9.36 Å². The van der Waals surface area contributed by atoms with Crippen molar-refractivity contribution in [2.75, 3.05) is 6.61 Å². The molecule has 110 valence electrons. The first-order valence-electron chi connectivity index (χ1n) is 7.60. The summed E-state index contributed by atoms with van der Waals surface area (Å²) < 4.78 is 13.6. The van der Waals surface area contributed by atoms with Crippen LogP contribution in [0.5, 0.6) is 0 Å². The Kier molecular flexibility index (Phi) is 3.94. The topological polar surface area (TPSA) is 40.5 Å². The first-order valence-corrected chi connectivity index (χ1v) is 7.60. The maximum absolute atomic E-state index is 12.4. The molecule has 0 amide bonds. The fraction of sp³-hybridized carbons (Fsp3) is 0.688. The van der Waals surface area contributed by atoms with E-state index in [0.717, 1.165) is 43.7 Å². The highest BCUT2D eigenvalue weighted by Gasteiger charge is 2.34. The number of nitrogens with zero attached hydrogens (tertiary/aromatic N) is 1. The highest BCUT2D eigenvalue weighted by atomic mass is 16.6. The van der Waals surface area contributed by atoms with E-state index in [1.807, 2.05) is 26.0 Å². The van der Waals surface area contributed by atoms with Crippen LogP contribution in [-0.2, 0) is 9.47 Å². The van der Waals surface area contributed by atoms with E-state index in [9.17, 15) is 4.79 Å². The standard InChI is InChI=1S/C16H23NO3/c1-11-5-6-12(2)17(11)16(18)10-13-7-8-14-15(20-13)4-3-9-19-14/h5-6,13-15H,3-4,7-10H2,1-2H3/t13-,14+,15-/m1/s1. The van der Waals surface area contributed by atoms with Crippen LogP contribution in [0, 0.1) is 13.8 Å². The number of fused-ring (bicyclic) bond motifs is 1. The van der Waals surface area contributed by atoms with Crippen molar-refractivity contribution in [1.29, 1.82) is 0 Å². The largest absolute Gasteiger partial charge is 0.376 e. The molecule has 2 fully saturated rings. The van der Waals surface area contributed by atoms with Gasteiger partial charge in [0.25, 0.3) is 0 Å².